The first-order chi connectivity index (χ1) is 16.1. The third kappa shape index (κ3) is 6.47. The number of nitrogens with one attached hydrogen (secondary N) is 2. The molecule has 3 aromatic rings. The van der Waals surface area contributed by atoms with Gasteiger partial charge in [0.15, 0.2) is 11.5 Å². The molecule has 10 heteroatoms. The standard InChI is InChI=1S/C23H32N6O4/c1-4-10-33-11-9-29-19-12-18(17-5-6-20(32-3)26-13-17)14-27-21(19)28-22(23(29)31)25-8-7-24-16(2)15-30/h5-6,12-14,16,24,30H,4,7-11,15H2,1-3H3,(H,25,27,28)/t16-/m1/s1. The molecular formula is C23H32N6O4. The van der Waals surface area contributed by atoms with Crippen LogP contribution in [0.25, 0.3) is 22.3 Å². The van der Waals surface area contributed by atoms with E-state index in [0.717, 1.165) is 17.5 Å². The van der Waals surface area contributed by atoms with Crippen molar-refractivity contribution >= 4 is 17.0 Å². The summed E-state index contributed by atoms with van der Waals surface area (Å²) in [6, 6.07) is 5.55. The van der Waals surface area contributed by atoms with Gasteiger partial charge in [-0.15, -0.1) is 0 Å². The highest BCUT2D eigenvalue weighted by molar-refractivity contribution is 5.78. The number of aromatic nitrogens is 4. The number of methoxy groups -OCH3 is 1. The lowest BCUT2D eigenvalue weighted by atomic mass is 10.1. The molecule has 0 bridgehead atoms. The summed E-state index contributed by atoms with van der Waals surface area (Å²) in [5.41, 5.74) is 2.55. The summed E-state index contributed by atoms with van der Waals surface area (Å²) in [6.45, 7) is 6.48. The van der Waals surface area contributed by atoms with Crippen molar-refractivity contribution in [1.29, 1.82) is 0 Å². The summed E-state index contributed by atoms with van der Waals surface area (Å²) in [7, 11) is 1.57. The molecule has 0 spiro atoms. The molecule has 0 unspecified atom stereocenters. The molecule has 0 aliphatic carbocycles. The van der Waals surface area contributed by atoms with Crippen LogP contribution < -0.4 is 20.9 Å². The van der Waals surface area contributed by atoms with Crippen molar-refractivity contribution in [3.63, 3.8) is 0 Å². The number of hydrogen-bond donors (Lipinski definition) is 3. The fourth-order valence-corrected chi connectivity index (χ4v) is 3.25. The summed E-state index contributed by atoms with van der Waals surface area (Å²) < 4.78 is 12.4. The lowest BCUT2D eigenvalue weighted by Crippen LogP contribution is -2.34. The van der Waals surface area contributed by atoms with E-state index in [1.165, 1.54) is 0 Å². The van der Waals surface area contributed by atoms with Crippen molar-refractivity contribution in [2.24, 2.45) is 0 Å². The van der Waals surface area contributed by atoms with Gasteiger partial charge in [-0.25, -0.2) is 15.0 Å². The zero-order valence-corrected chi connectivity index (χ0v) is 19.4. The minimum atomic E-state index is -0.232. The lowest BCUT2D eigenvalue weighted by molar-refractivity contribution is 0.127. The number of anilines is 1. The minimum absolute atomic E-state index is 0.0173. The van der Waals surface area contributed by atoms with Crippen molar-refractivity contribution < 1.29 is 14.6 Å². The molecule has 3 N–H and O–H groups in total. The van der Waals surface area contributed by atoms with Crippen molar-refractivity contribution in [3.8, 4) is 17.0 Å². The van der Waals surface area contributed by atoms with Gasteiger partial charge >= 0.3 is 0 Å². The smallest absolute Gasteiger partial charge is 0.293 e. The highest BCUT2D eigenvalue weighted by Crippen LogP contribution is 2.23. The molecule has 178 valence electrons. The van der Waals surface area contributed by atoms with Gasteiger partial charge in [-0.05, 0) is 25.5 Å². The fourth-order valence-electron chi connectivity index (χ4n) is 3.25. The van der Waals surface area contributed by atoms with Crippen LogP contribution in [0, 0.1) is 0 Å². The van der Waals surface area contributed by atoms with Gasteiger partial charge in [0.05, 0.1) is 25.8 Å². The molecule has 0 aliphatic heterocycles. The van der Waals surface area contributed by atoms with Crippen LogP contribution in [0.3, 0.4) is 0 Å². The van der Waals surface area contributed by atoms with Crippen LogP contribution >= 0.6 is 0 Å². The van der Waals surface area contributed by atoms with E-state index in [0.29, 0.717) is 49.9 Å². The summed E-state index contributed by atoms with van der Waals surface area (Å²) in [6.07, 6.45) is 4.34. The van der Waals surface area contributed by atoms with Crippen LogP contribution in [-0.2, 0) is 11.3 Å². The van der Waals surface area contributed by atoms with E-state index < -0.39 is 0 Å². The molecule has 3 aromatic heterocycles. The summed E-state index contributed by atoms with van der Waals surface area (Å²) >= 11 is 0. The second kappa shape index (κ2) is 12.2. The van der Waals surface area contributed by atoms with Crippen molar-refractivity contribution in [2.75, 3.05) is 45.3 Å². The van der Waals surface area contributed by atoms with Crippen molar-refractivity contribution in [1.82, 2.24) is 24.8 Å². The average molecular weight is 457 g/mol. The molecule has 0 saturated carbocycles. The number of aliphatic hydroxyl groups is 1. The van der Waals surface area contributed by atoms with Crippen LogP contribution in [0.15, 0.2) is 35.4 Å². The summed E-state index contributed by atoms with van der Waals surface area (Å²) in [4.78, 5) is 26.5. The zero-order chi connectivity index (χ0) is 23.6. The quantitative estimate of drug-likeness (QED) is 0.330. The van der Waals surface area contributed by atoms with E-state index in [1.807, 2.05) is 26.0 Å². The van der Waals surface area contributed by atoms with Gasteiger partial charge in [0.1, 0.15) is 0 Å². The largest absolute Gasteiger partial charge is 0.481 e. The summed E-state index contributed by atoms with van der Waals surface area (Å²) in [5.74, 6) is 0.764. The predicted molar refractivity (Wildman–Crippen MR) is 128 cm³/mol. The number of hydrogen-bond acceptors (Lipinski definition) is 9. The van der Waals surface area contributed by atoms with E-state index in [9.17, 15) is 4.79 Å². The maximum absolute atomic E-state index is 13.2. The van der Waals surface area contributed by atoms with Gasteiger partial charge in [0, 0.05) is 61.9 Å². The molecule has 0 aliphatic rings. The Labute approximate surface area is 193 Å². The third-order valence-corrected chi connectivity index (χ3v) is 5.07. The van der Waals surface area contributed by atoms with Crippen LogP contribution in [0.1, 0.15) is 20.3 Å². The Balaban J connectivity index is 1.92. The van der Waals surface area contributed by atoms with E-state index in [1.54, 1.807) is 30.1 Å². The van der Waals surface area contributed by atoms with Gasteiger partial charge in [0.25, 0.3) is 5.56 Å². The van der Waals surface area contributed by atoms with Gasteiger partial charge in [-0.3, -0.25) is 9.36 Å². The fraction of sp³-hybridized carbons (Fsp3) is 0.478. The first-order valence-electron chi connectivity index (χ1n) is 11.1. The minimum Gasteiger partial charge on any atom is -0.481 e. The summed E-state index contributed by atoms with van der Waals surface area (Å²) in [5, 5.41) is 15.4. The molecule has 33 heavy (non-hydrogen) atoms. The Bertz CT molecular complexity index is 1090. The first-order valence-corrected chi connectivity index (χ1v) is 11.1. The number of nitrogens with zero attached hydrogens (tertiary/aromatic N) is 4. The average Bonchev–Trinajstić information content (AvgIpc) is 2.85. The van der Waals surface area contributed by atoms with Crippen molar-refractivity contribution in [3.05, 3.63) is 40.9 Å². The predicted octanol–water partition coefficient (Wildman–Crippen LogP) is 1.67. The molecule has 0 radical (unpaired) electrons. The van der Waals surface area contributed by atoms with E-state index in [2.05, 4.69) is 25.6 Å². The van der Waals surface area contributed by atoms with Crippen molar-refractivity contribution in [2.45, 2.75) is 32.9 Å². The van der Waals surface area contributed by atoms with Crippen LogP contribution in [-0.4, -0.2) is 70.7 Å². The van der Waals surface area contributed by atoms with E-state index >= 15 is 0 Å². The van der Waals surface area contributed by atoms with Gasteiger partial charge in [-0.1, -0.05) is 6.92 Å². The molecule has 0 saturated heterocycles. The highest BCUT2D eigenvalue weighted by atomic mass is 16.5. The zero-order valence-electron chi connectivity index (χ0n) is 19.4. The number of ether oxygens (including phenoxy) is 2. The number of aliphatic hydroxyl groups excluding tert-OH is 1. The van der Waals surface area contributed by atoms with Gasteiger partial charge < -0.3 is 25.2 Å². The SMILES string of the molecule is CCCOCCn1c(=O)c(NCCN[C@H](C)CO)nc2ncc(-c3ccc(OC)nc3)cc21. The molecule has 0 fully saturated rings. The Hall–Kier alpha value is -3.08. The molecule has 0 amide bonds. The Morgan fingerprint density at radius 2 is 1.97 bits per heavy atom. The Kier molecular flexibility index (Phi) is 9.11. The number of pyridine rings is 2. The monoisotopic (exact) mass is 456 g/mol. The molecule has 3 rings (SSSR count). The van der Waals surface area contributed by atoms with E-state index in [-0.39, 0.29) is 24.0 Å². The number of fused-ring (bicyclic) bond motifs is 1. The first kappa shape index (κ1) is 24.6. The van der Waals surface area contributed by atoms with Crippen LogP contribution in [0.5, 0.6) is 5.88 Å². The molecule has 3 heterocycles. The second-order valence-electron chi connectivity index (χ2n) is 7.65. The maximum Gasteiger partial charge on any atom is 0.293 e. The molecule has 0 aromatic carbocycles. The molecule has 10 nitrogen and oxygen atoms in total. The molecule has 1 atom stereocenters. The Morgan fingerprint density at radius 3 is 2.67 bits per heavy atom. The van der Waals surface area contributed by atoms with Crippen LogP contribution in [0.2, 0.25) is 0 Å². The maximum atomic E-state index is 13.2. The van der Waals surface area contributed by atoms with Gasteiger partial charge in [0.2, 0.25) is 5.88 Å². The molecular weight excluding hydrogens is 424 g/mol. The lowest BCUT2D eigenvalue weighted by Gasteiger charge is -2.15. The third-order valence-electron chi connectivity index (χ3n) is 5.07. The second-order valence-corrected chi connectivity index (χ2v) is 7.65. The topological polar surface area (TPSA) is 123 Å². The van der Waals surface area contributed by atoms with Gasteiger partial charge in [-0.2, -0.15) is 0 Å². The normalized spacial score (nSPS) is 12.1. The number of rotatable bonds is 13. The Morgan fingerprint density at radius 1 is 1.15 bits per heavy atom. The van der Waals surface area contributed by atoms with Crippen LogP contribution in [0.4, 0.5) is 5.82 Å². The van der Waals surface area contributed by atoms with E-state index in [4.69, 9.17) is 14.6 Å². The highest BCUT2D eigenvalue weighted by Gasteiger charge is 2.14.